The summed E-state index contributed by atoms with van der Waals surface area (Å²) in [6.07, 6.45) is 1.72. The van der Waals surface area contributed by atoms with Gasteiger partial charge in [-0.1, -0.05) is 18.2 Å². The molecule has 1 saturated heterocycles. The Morgan fingerprint density at radius 1 is 1.19 bits per heavy atom. The maximum absolute atomic E-state index is 12.7. The molecule has 2 N–H and O–H groups in total. The average Bonchev–Trinajstić information content (AvgIpc) is 2.96. The lowest BCUT2D eigenvalue weighted by molar-refractivity contribution is 0.159. The van der Waals surface area contributed by atoms with Crippen molar-refractivity contribution in [2.45, 2.75) is 38.1 Å². The number of fused-ring (bicyclic) bond motifs is 2. The fraction of sp³-hybridized carbons (Fsp3) is 0.600. The maximum Gasteiger partial charge on any atom is 0.321 e. The Hall–Kier alpha value is -2.28. The van der Waals surface area contributed by atoms with Crippen molar-refractivity contribution in [3.63, 3.8) is 0 Å². The summed E-state index contributed by atoms with van der Waals surface area (Å²) in [5.41, 5.74) is 2.12. The van der Waals surface area contributed by atoms with E-state index in [1.807, 2.05) is 41.8 Å². The molecule has 0 unspecified atom stereocenters. The van der Waals surface area contributed by atoms with Gasteiger partial charge in [-0.25, -0.2) is 9.59 Å². The minimum absolute atomic E-state index is 0.000275. The number of hydrogen-bond donors (Lipinski definition) is 2. The Balaban J connectivity index is 1.72. The van der Waals surface area contributed by atoms with E-state index in [0.29, 0.717) is 32.8 Å². The second-order valence-corrected chi connectivity index (χ2v) is 7.70. The van der Waals surface area contributed by atoms with Crippen LogP contribution in [-0.2, 0) is 10.2 Å². The van der Waals surface area contributed by atoms with Gasteiger partial charge in [0.15, 0.2) is 0 Å². The van der Waals surface area contributed by atoms with Gasteiger partial charge in [0.05, 0.1) is 6.61 Å². The number of nitrogens with zero attached hydrogens (tertiary/aromatic N) is 2. The van der Waals surface area contributed by atoms with Crippen LogP contribution in [0.3, 0.4) is 0 Å². The zero-order valence-corrected chi connectivity index (χ0v) is 16.5. The van der Waals surface area contributed by atoms with E-state index in [1.54, 1.807) is 7.11 Å². The lowest BCUT2D eigenvalue weighted by Gasteiger charge is -2.40. The van der Waals surface area contributed by atoms with Gasteiger partial charge in [0.1, 0.15) is 0 Å². The smallest absolute Gasteiger partial charge is 0.321 e. The maximum atomic E-state index is 12.7. The van der Waals surface area contributed by atoms with Crippen LogP contribution in [0, 0.1) is 0 Å². The number of anilines is 1. The molecule has 148 valence electrons. The van der Waals surface area contributed by atoms with Crippen molar-refractivity contribution in [3.8, 4) is 0 Å². The number of amides is 4. The molecular formula is C20H30N4O3. The first kappa shape index (κ1) is 19.5. The molecule has 0 radical (unpaired) electrons. The van der Waals surface area contributed by atoms with E-state index in [9.17, 15) is 9.59 Å². The predicted molar refractivity (Wildman–Crippen MR) is 105 cm³/mol. The highest BCUT2D eigenvalue weighted by Crippen LogP contribution is 2.46. The van der Waals surface area contributed by atoms with Crippen molar-refractivity contribution in [1.82, 2.24) is 15.5 Å². The quantitative estimate of drug-likeness (QED) is 0.795. The number of piperidine rings is 1. The van der Waals surface area contributed by atoms with Crippen molar-refractivity contribution in [1.29, 1.82) is 0 Å². The van der Waals surface area contributed by atoms with Gasteiger partial charge in [-0.3, -0.25) is 4.90 Å². The molecule has 1 fully saturated rings. The highest BCUT2D eigenvalue weighted by atomic mass is 16.5. The van der Waals surface area contributed by atoms with Crippen LogP contribution in [0.15, 0.2) is 24.3 Å². The first-order valence-electron chi connectivity index (χ1n) is 9.66. The summed E-state index contributed by atoms with van der Waals surface area (Å²) in [4.78, 5) is 28.7. The minimum Gasteiger partial charge on any atom is -0.383 e. The van der Waals surface area contributed by atoms with E-state index < -0.39 is 0 Å². The van der Waals surface area contributed by atoms with Crippen LogP contribution in [0.1, 0.15) is 32.3 Å². The second kappa shape index (κ2) is 8.17. The minimum atomic E-state index is -0.0867. The van der Waals surface area contributed by atoms with Gasteiger partial charge in [0.25, 0.3) is 0 Å². The number of nitrogens with one attached hydrogen (secondary N) is 2. The van der Waals surface area contributed by atoms with E-state index in [-0.39, 0.29) is 23.5 Å². The average molecular weight is 374 g/mol. The molecule has 2 aliphatic heterocycles. The highest BCUT2D eigenvalue weighted by molar-refractivity contribution is 5.95. The van der Waals surface area contributed by atoms with Crippen molar-refractivity contribution in [2.75, 3.05) is 44.8 Å². The standard InChI is InChI=1S/C20H30N4O3/c1-15(2)22-19(26)23-11-8-20(9-12-23)14-24(18(25)21-10-13-27-3)17-7-5-4-6-16(17)20/h4-7,15H,8-14H2,1-3H3,(H,21,25)(H,22,26). The molecule has 7 heteroatoms. The third-order valence-corrected chi connectivity index (χ3v) is 5.47. The summed E-state index contributed by atoms with van der Waals surface area (Å²) in [6, 6.07) is 8.19. The number of likely N-dealkylation sites (tertiary alicyclic amines) is 1. The molecule has 1 aromatic rings. The normalized spacial score (nSPS) is 17.9. The molecule has 2 heterocycles. The Morgan fingerprint density at radius 2 is 1.89 bits per heavy atom. The van der Waals surface area contributed by atoms with Crippen molar-refractivity contribution in [3.05, 3.63) is 29.8 Å². The molecule has 3 rings (SSSR count). The van der Waals surface area contributed by atoms with Crippen LogP contribution in [0.4, 0.5) is 15.3 Å². The van der Waals surface area contributed by atoms with Crippen LogP contribution in [0.25, 0.3) is 0 Å². The Kier molecular flexibility index (Phi) is 5.89. The Morgan fingerprint density at radius 3 is 2.56 bits per heavy atom. The van der Waals surface area contributed by atoms with Crippen molar-refractivity contribution in [2.24, 2.45) is 0 Å². The summed E-state index contributed by atoms with van der Waals surface area (Å²) in [6.45, 7) is 6.98. The molecule has 0 atom stereocenters. The van der Waals surface area contributed by atoms with Crippen molar-refractivity contribution < 1.29 is 14.3 Å². The Labute approximate surface area is 161 Å². The van der Waals surface area contributed by atoms with Crippen LogP contribution in [0.2, 0.25) is 0 Å². The number of hydrogen-bond acceptors (Lipinski definition) is 3. The SMILES string of the molecule is COCCNC(=O)N1CC2(CCN(C(=O)NC(C)C)CC2)c2ccccc21. The number of para-hydroxylation sites is 1. The number of carbonyl (C=O) groups excluding carboxylic acids is 2. The third-order valence-electron chi connectivity index (χ3n) is 5.47. The molecule has 7 nitrogen and oxygen atoms in total. The zero-order valence-electron chi connectivity index (χ0n) is 16.5. The monoisotopic (exact) mass is 374 g/mol. The van der Waals surface area contributed by atoms with E-state index in [1.165, 1.54) is 5.56 Å². The first-order valence-corrected chi connectivity index (χ1v) is 9.66. The summed E-state index contributed by atoms with van der Waals surface area (Å²) >= 11 is 0. The van der Waals surface area contributed by atoms with E-state index in [4.69, 9.17) is 4.74 Å². The highest BCUT2D eigenvalue weighted by Gasteiger charge is 2.46. The predicted octanol–water partition coefficient (Wildman–Crippen LogP) is 2.31. The molecule has 2 aliphatic rings. The fourth-order valence-electron chi connectivity index (χ4n) is 4.07. The molecule has 27 heavy (non-hydrogen) atoms. The van der Waals surface area contributed by atoms with E-state index in [0.717, 1.165) is 18.5 Å². The number of benzene rings is 1. The first-order chi connectivity index (χ1) is 13.0. The summed E-state index contributed by atoms with van der Waals surface area (Å²) in [5.74, 6) is 0. The summed E-state index contributed by atoms with van der Waals surface area (Å²) < 4.78 is 5.02. The zero-order chi connectivity index (χ0) is 19.4. The van der Waals surface area contributed by atoms with Gasteiger partial charge in [0, 0.05) is 50.4 Å². The molecule has 0 aliphatic carbocycles. The largest absolute Gasteiger partial charge is 0.383 e. The molecular weight excluding hydrogens is 344 g/mol. The van der Waals surface area contributed by atoms with Gasteiger partial charge < -0.3 is 20.3 Å². The van der Waals surface area contributed by atoms with Gasteiger partial charge in [0.2, 0.25) is 0 Å². The third kappa shape index (κ3) is 4.03. The van der Waals surface area contributed by atoms with Crippen LogP contribution >= 0.6 is 0 Å². The Bertz CT molecular complexity index is 684. The lowest BCUT2D eigenvalue weighted by atomic mass is 9.74. The number of rotatable bonds is 4. The molecule has 0 saturated carbocycles. The molecule has 0 bridgehead atoms. The van der Waals surface area contributed by atoms with Gasteiger partial charge >= 0.3 is 12.1 Å². The van der Waals surface area contributed by atoms with E-state index >= 15 is 0 Å². The second-order valence-electron chi connectivity index (χ2n) is 7.70. The van der Waals surface area contributed by atoms with Gasteiger partial charge in [-0.15, -0.1) is 0 Å². The topological polar surface area (TPSA) is 73.9 Å². The molecule has 4 amide bonds. The van der Waals surface area contributed by atoms with Crippen LogP contribution in [0.5, 0.6) is 0 Å². The molecule has 1 aromatic carbocycles. The number of methoxy groups -OCH3 is 1. The number of ether oxygens (including phenoxy) is 1. The summed E-state index contributed by atoms with van der Waals surface area (Å²) in [7, 11) is 1.62. The van der Waals surface area contributed by atoms with Crippen LogP contribution < -0.4 is 15.5 Å². The van der Waals surface area contributed by atoms with Crippen LogP contribution in [-0.4, -0.2) is 62.9 Å². The number of urea groups is 2. The van der Waals surface area contributed by atoms with Gasteiger partial charge in [-0.2, -0.15) is 0 Å². The fourth-order valence-corrected chi connectivity index (χ4v) is 4.07. The van der Waals surface area contributed by atoms with Crippen molar-refractivity contribution >= 4 is 17.7 Å². The van der Waals surface area contributed by atoms with Gasteiger partial charge in [-0.05, 0) is 38.3 Å². The molecule has 0 aromatic heterocycles. The number of carbonyl (C=O) groups is 2. The van der Waals surface area contributed by atoms with E-state index in [2.05, 4.69) is 16.7 Å². The summed E-state index contributed by atoms with van der Waals surface area (Å²) in [5, 5.41) is 5.89. The lowest BCUT2D eigenvalue weighted by Crippen LogP contribution is -2.52. The molecule has 1 spiro atoms.